The molecular weight excluding hydrogens is 376 g/mol. The summed E-state index contributed by atoms with van der Waals surface area (Å²) in [4.78, 5) is 12.5. The van der Waals surface area contributed by atoms with Crippen molar-refractivity contribution in [1.82, 2.24) is 9.62 Å². The van der Waals surface area contributed by atoms with Crippen LogP contribution in [0, 0.1) is 13.8 Å². The number of aryl methyl sites for hydroxylation is 2. The van der Waals surface area contributed by atoms with Crippen LogP contribution in [-0.4, -0.2) is 45.4 Å². The second-order valence-corrected chi connectivity index (χ2v) is 8.71. The van der Waals surface area contributed by atoms with Crippen molar-refractivity contribution < 1.29 is 17.9 Å². The number of amides is 1. The van der Waals surface area contributed by atoms with E-state index in [2.05, 4.69) is 5.32 Å². The van der Waals surface area contributed by atoms with Gasteiger partial charge in [0.2, 0.25) is 15.9 Å². The van der Waals surface area contributed by atoms with Gasteiger partial charge in [-0.25, -0.2) is 8.42 Å². The van der Waals surface area contributed by atoms with Crippen molar-refractivity contribution in [3.8, 4) is 0 Å². The Bertz CT molecular complexity index is 862. The highest BCUT2D eigenvalue weighted by atomic mass is 32.2. The van der Waals surface area contributed by atoms with Crippen LogP contribution in [0.1, 0.15) is 23.1 Å². The molecule has 2 aromatic carbocycles. The molecule has 0 aromatic heterocycles. The van der Waals surface area contributed by atoms with E-state index in [1.807, 2.05) is 38.1 Å². The Morgan fingerprint density at radius 1 is 1.00 bits per heavy atom. The zero-order valence-corrected chi connectivity index (χ0v) is 17.5. The number of rotatable bonds is 10. The number of ether oxygens (including phenoxy) is 1. The fraction of sp³-hybridized carbons (Fsp3) is 0.381. The maximum atomic E-state index is 13.2. The highest BCUT2D eigenvalue weighted by Crippen LogP contribution is 2.19. The zero-order valence-electron chi connectivity index (χ0n) is 16.6. The molecule has 0 aliphatic heterocycles. The van der Waals surface area contributed by atoms with E-state index in [9.17, 15) is 13.2 Å². The van der Waals surface area contributed by atoms with E-state index in [0.717, 1.165) is 16.7 Å². The molecule has 0 fully saturated rings. The minimum absolute atomic E-state index is 0.127. The van der Waals surface area contributed by atoms with Gasteiger partial charge in [0.1, 0.15) is 0 Å². The number of hydrogen-bond acceptors (Lipinski definition) is 4. The number of carbonyl (C=O) groups excluding carboxylic acids is 1. The van der Waals surface area contributed by atoms with Crippen LogP contribution in [0.15, 0.2) is 53.4 Å². The summed E-state index contributed by atoms with van der Waals surface area (Å²) in [6.45, 7) is 4.73. The number of benzene rings is 2. The van der Waals surface area contributed by atoms with E-state index >= 15 is 0 Å². The molecule has 0 heterocycles. The Morgan fingerprint density at radius 2 is 1.57 bits per heavy atom. The van der Waals surface area contributed by atoms with Crippen LogP contribution in [0.5, 0.6) is 0 Å². The summed E-state index contributed by atoms with van der Waals surface area (Å²) >= 11 is 0. The molecule has 6 nitrogen and oxygen atoms in total. The van der Waals surface area contributed by atoms with Gasteiger partial charge < -0.3 is 10.1 Å². The molecule has 28 heavy (non-hydrogen) atoms. The fourth-order valence-corrected chi connectivity index (χ4v) is 4.03. The van der Waals surface area contributed by atoms with Gasteiger partial charge in [0.25, 0.3) is 0 Å². The lowest BCUT2D eigenvalue weighted by Crippen LogP contribution is -2.40. The number of methoxy groups -OCH3 is 1. The maximum Gasteiger partial charge on any atom is 0.243 e. The Balaban J connectivity index is 2.20. The molecule has 0 unspecified atom stereocenters. The standard InChI is InChI=1S/C21H28N2O4S/c1-17-5-9-19(10-6-17)15-23(16-21(24)22-13-4-14-27-3)28(25,26)20-11-7-18(2)8-12-20/h5-12H,4,13-16H2,1-3H3,(H,22,24). The number of nitrogens with one attached hydrogen (secondary N) is 1. The van der Waals surface area contributed by atoms with Crippen molar-refractivity contribution >= 4 is 15.9 Å². The molecular formula is C21H28N2O4S. The van der Waals surface area contributed by atoms with Crippen LogP contribution < -0.4 is 5.32 Å². The molecule has 1 amide bonds. The molecule has 0 aliphatic carbocycles. The summed E-state index contributed by atoms with van der Waals surface area (Å²) in [5.74, 6) is -0.334. The van der Waals surface area contributed by atoms with Crippen molar-refractivity contribution in [2.24, 2.45) is 0 Å². The Labute approximate surface area is 167 Å². The first-order valence-corrected chi connectivity index (χ1v) is 10.6. The van der Waals surface area contributed by atoms with Gasteiger partial charge in [0, 0.05) is 26.8 Å². The van der Waals surface area contributed by atoms with E-state index in [0.29, 0.717) is 19.6 Å². The quantitative estimate of drug-likeness (QED) is 0.618. The molecule has 0 saturated carbocycles. The van der Waals surface area contributed by atoms with Gasteiger partial charge in [0.15, 0.2) is 0 Å². The minimum atomic E-state index is -3.81. The third-order valence-electron chi connectivity index (χ3n) is 4.31. The monoisotopic (exact) mass is 404 g/mol. The summed E-state index contributed by atoms with van der Waals surface area (Å²) in [5, 5.41) is 2.75. The molecule has 152 valence electrons. The van der Waals surface area contributed by atoms with Crippen LogP contribution in [0.25, 0.3) is 0 Å². The molecule has 0 radical (unpaired) electrons. The first-order chi connectivity index (χ1) is 13.3. The predicted molar refractivity (Wildman–Crippen MR) is 109 cm³/mol. The Morgan fingerprint density at radius 3 is 2.14 bits per heavy atom. The summed E-state index contributed by atoms with van der Waals surface area (Å²) < 4.78 is 32.5. The summed E-state index contributed by atoms with van der Waals surface area (Å²) in [5.41, 5.74) is 2.89. The lowest BCUT2D eigenvalue weighted by molar-refractivity contribution is -0.121. The summed E-state index contributed by atoms with van der Waals surface area (Å²) in [7, 11) is -2.21. The van der Waals surface area contributed by atoms with Crippen LogP contribution in [0.3, 0.4) is 0 Å². The highest BCUT2D eigenvalue weighted by molar-refractivity contribution is 7.89. The third-order valence-corrected chi connectivity index (χ3v) is 6.11. The second-order valence-electron chi connectivity index (χ2n) is 6.77. The van der Waals surface area contributed by atoms with Crippen LogP contribution in [-0.2, 0) is 26.1 Å². The van der Waals surface area contributed by atoms with E-state index in [-0.39, 0.29) is 23.9 Å². The first kappa shape index (κ1) is 22.1. The molecule has 0 aliphatic rings. The topological polar surface area (TPSA) is 75.7 Å². The predicted octanol–water partition coefficient (Wildman–Crippen LogP) is 2.65. The number of nitrogens with zero attached hydrogens (tertiary/aromatic N) is 1. The molecule has 0 spiro atoms. The van der Waals surface area contributed by atoms with Crippen LogP contribution in [0.4, 0.5) is 0 Å². The molecule has 2 rings (SSSR count). The zero-order chi connectivity index (χ0) is 20.6. The van der Waals surface area contributed by atoms with Gasteiger partial charge in [-0.3, -0.25) is 4.79 Å². The van der Waals surface area contributed by atoms with E-state index < -0.39 is 10.0 Å². The lowest BCUT2D eigenvalue weighted by atomic mass is 10.1. The first-order valence-electron chi connectivity index (χ1n) is 9.21. The van der Waals surface area contributed by atoms with Gasteiger partial charge in [-0.1, -0.05) is 47.5 Å². The molecule has 7 heteroatoms. The molecule has 0 atom stereocenters. The van der Waals surface area contributed by atoms with Crippen molar-refractivity contribution in [2.75, 3.05) is 26.8 Å². The maximum absolute atomic E-state index is 13.2. The fourth-order valence-electron chi connectivity index (χ4n) is 2.64. The average molecular weight is 405 g/mol. The van der Waals surface area contributed by atoms with Gasteiger partial charge in [-0.05, 0) is 38.0 Å². The normalized spacial score (nSPS) is 11.6. The molecule has 0 saturated heterocycles. The van der Waals surface area contributed by atoms with Gasteiger partial charge >= 0.3 is 0 Å². The minimum Gasteiger partial charge on any atom is -0.385 e. The number of hydrogen-bond donors (Lipinski definition) is 1. The van der Waals surface area contributed by atoms with Crippen LogP contribution >= 0.6 is 0 Å². The lowest BCUT2D eigenvalue weighted by Gasteiger charge is -2.22. The van der Waals surface area contributed by atoms with Crippen molar-refractivity contribution in [3.63, 3.8) is 0 Å². The second kappa shape index (κ2) is 10.4. The summed E-state index contributed by atoms with van der Waals surface area (Å²) in [6, 6.07) is 14.3. The average Bonchev–Trinajstić information content (AvgIpc) is 2.67. The molecule has 0 bridgehead atoms. The summed E-state index contributed by atoms with van der Waals surface area (Å²) in [6.07, 6.45) is 0.672. The number of carbonyl (C=O) groups is 1. The molecule has 1 N–H and O–H groups in total. The van der Waals surface area contributed by atoms with Crippen LogP contribution in [0.2, 0.25) is 0 Å². The van der Waals surface area contributed by atoms with E-state index in [4.69, 9.17) is 4.74 Å². The third kappa shape index (κ3) is 6.44. The van der Waals surface area contributed by atoms with E-state index in [1.165, 1.54) is 4.31 Å². The SMILES string of the molecule is COCCCNC(=O)CN(Cc1ccc(C)cc1)S(=O)(=O)c1ccc(C)cc1. The van der Waals surface area contributed by atoms with Crippen molar-refractivity contribution in [1.29, 1.82) is 0 Å². The smallest absolute Gasteiger partial charge is 0.243 e. The van der Waals surface area contributed by atoms with Gasteiger partial charge in [0.05, 0.1) is 11.4 Å². The van der Waals surface area contributed by atoms with Gasteiger partial charge in [-0.15, -0.1) is 0 Å². The Kier molecular flexibility index (Phi) is 8.17. The van der Waals surface area contributed by atoms with Gasteiger partial charge in [-0.2, -0.15) is 4.31 Å². The van der Waals surface area contributed by atoms with Crippen molar-refractivity contribution in [2.45, 2.75) is 31.7 Å². The largest absolute Gasteiger partial charge is 0.385 e. The number of sulfonamides is 1. The van der Waals surface area contributed by atoms with Crippen molar-refractivity contribution in [3.05, 3.63) is 65.2 Å². The van der Waals surface area contributed by atoms with E-state index in [1.54, 1.807) is 31.4 Å². The molecule has 2 aromatic rings. The Hall–Kier alpha value is -2.22. The highest BCUT2D eigenvalue weighted by Gasteiger charge is 2.26.